The maximum absolute atomic E-state index is 11.5. The molecule has 0 aliphatic rings. The fourth-order valence-corrected chi connectivity index (χ4v) is 2.51. The number of rotatable bonds is 23. The molecule has 0 N–H and O–H groups in total. The monoisotopic (exact) mass is 478 g/mol. The number of carbonyl (C=O) groups is 2. The van der Waals surface area contributed by atoms with Crippen LogP contribution in [0, 0.1) is 0 Å². The molecule has 0 aromatic carbocycles. The van der Waals surface area contributed by atoms with Crippen LogP contribution < -0.4 is 0 Å². The second kappa shape index (κ2) is 22.5. The number of unbranched alkanes of at least 4 members (excludes halogenated alkanes) is 3. The van der Waals surface area contributed by atoms with E-state index in [1.54, 1.807) is 0 Å². The van der Waals surface area contributed by atoms with Gasteiger partial charge in [0.15, 0.2) is 0 Å². The predicted molar refractivity (Wildman–Crippen MR) is 124 cm³/mol. The van der Waals surface area contributed by atoms with E-state index in [1.165, 1.54) is 0 Å². The van der Waals surface area contributed by atoms with Gasteiger partial charge in [-0.1, -0.05) is 26.2 Å². The summed E-state index contributed by atoms with van der Waals surface area (Å²) in [5.74, 6) is -0.419. The van der Waals surface area contributed by atoms with Gasteiger partial charge in [0.1, 0.15) is 12.2 Å². The lowest BCUT2D eigenvalue weighted by atomic mass is 10.2. The first kappa shape index (κ1) is 31.7. The van der Waals surface area contributed by atoms with Crippen LogP contribution in [0.3, 0.4) is 0 Å². The Kier molecular flexibility index (Phi) is 21.7. The van der Waals surface area contributed by atoms with E-state index in [1.807, 2.05) is 20.8 Å². The molecular formula is C24H46O9. The van der Waals surface area contributed by atoms with Crippen molar-refractivity contribution in [2.24, 2.45) is 0 Å². The zero-order chi connectivity index (χ0) is 24.6. The van der Waals surface area contributed by atoms with E-state index >= 15 is 0 Å². The molecule has 0 aromatic rings. The Morgan fingerprint density at radius 3 is 1.45 bits per heavy atom. The molecule has 0 rings (SSSR count). The molecule has 0 fully saturated rings. The van der Waals surface area contributed by atoms with E-state index in [0.29, 0.717) is 72.5 Å². The maximum Gasteiger partial charge on any atom is 0.308 e. The van der Waals surface area contributed by atoms with Crippen LogP contribution in [0.2, 0.25) is 0 Å². The van der Waals surface area contributed by atoms with Crippen LogP contribution >= 0.6 is 0 Å². The van der Waals surface area contributed by atoms with E-state index in [-0.39, 0.29) is 25.0 Å². The molecule has 0 aliphatic heterocycles. The Morgan fingerprint density at radius 1 is 0.545 bits per heavy atom. The van der Waals surface area contributed by atoms with Crippen LogP contribution in [0.5, 0.6) is 0 Å². The summed E-state index contributed by atoms with van der Waals surface area (Å²) in [5.41, 5.74) is -0.468. The van der Waals surface area contributed by atoms with Crippen LogP contribution in [0.4, 0.5) is 0 Å². The lowest BCUT2D eigenvalue weighted by Crippen LogP contribution is -2.24. The summed E-state index contributed by atoms with van der Waals surface area (Å²) in [6.07, 6.45) is 4.99. The topological polar surface area (TPSA) is 98.8 Å². The SMILES string of the molecule is CCCCCCC(=O)OCCOCCOCCOCCOCCOCCC(=O)OC(C)(C)C. The lowest BCUT2D eigenvalue weighted by Gasteiger charge is -2.19. The van der Waals surface area contributed by atoms with Gasteiger partial charge in [-0.15, -0.1) is 0 Å². The summed E-state index contributed by atoms with van der Waals surface area (Å²) >= 11 is 0. The molecule has 0 amide bonds. The van der Waals surface area contributed by atoms with Gasteiger partial charge in [0.05, 0.1) is 72.5 Å². The van der Waals surface area contributed by atoms with Crippen molar-refractivity contribution in [1.29, 1.82) is 0 Å². The molecular weight excluding hydrogens is 432 g/mol. The third-order valence-electron chi connectivity index (χ3n) is 4.08. The van der Waals surface area contributed by atoms with Gasteiger partial charge in [-0.3, -0.25) is 9.59 Å². The highest BCUT2D eigenvalue weighted by molar-refractivity contribution is 5.70. The van der Waals surface area contributed by atoms with Crippen molar-refractivity contribution >= 4 is 11.9 Å². The Morgan fingerprint density at radius 2 is 1.00 bits per heavy atom. The molecule has 33 heavy (non-hydrogen) atoms. The number of carbonyl (C=O) groups excluding carboxylic acids is 2. The van der Waals surface area contributed by atoms with E-state index in [2.05, 4.69) is 6.92 Å². The van der Waals surface area contributed by atoms with Crippen molar-refractivity contribution in [3.8, 4) is 0 Å². The summed E-state index contributed by atoms with van der Waals surface area (Å²) in [7, 11) is 0. The highest BCUT2D eigenvalue weighted by atomic mass is 16.6. The molecule has 0 aromatic heterocycles. The van der Waals surface area contributed by atoms with Gasteiger partial charge >= 0.3 is 11.9 Å². The van der Waals surface area contributed by atoms with Gasteiger partial charge in [0.2, 0.25) is 0 Å². The molecule has 0 saturated heterocycles. The van der Waals surface area contributed by atoms with E-state index < -0.39 is 5.60 Å². The van der Waals surface area contributed by atoms with Crippen molar-refractivity contribution in [1.82, 2.24) is 0 Å². The fourth-order valence-electron chi connectivity index (χ4n) is 2.51. The molecule has 0 saturated carbocycles. The van der Waals surface area contributed by atoms with Crippen LogP contribution in [0.25, 0.3) is 0 Å². The van der Waals surface area contributed by atoms with Gasteiger partial charge < -0.3 is 33.2 Å². The van der Waals surface area contributed by atoms with E-state index in [4.69, 9.17) is 33.2 Å². The third-order valence-corrected chi connectivity index (χ3v) is 4.08. The van der Waals surface area contributed by atoms with E-state index in [0.717, 1.165) is 25.7 Å². The average Bonchev–Trinajstić information content (AvgIpc) is 2.74. The van der Waals surface area contributed by atoms with Gasteiger partial charge in [-0.05, 0) is 27.2 Å². The first-order valence-electron chi connectivity index (χ1n) is 12.1. The number of esters is 2. The third kappa shape index (κ3) is 26.9. The number of hydrogen-bond donors (Lipinski definition) is 0. The second-order valence-electron chi connectivity index (χ2n) is 8.43. The molecule has 196 valence electrons. The van der Waals surface area contributed by atoms with Crippen LogP contribution in [-0.4, -0.2) is 90.2 Å². The van der Waals surface area contributed by atoms with Crippen LogP contribution in [0.15, 0.2) is 0 Å². The van der Waals surface area contributed by atoms with Crippen molar-refractivity contribution < 1.29 is 42.7 Å². The Balaban J connectivity index is 3.18. The van der Waals surface area contributed by atoms with Crippen LogP contribution in [0.1, 0.15) is 66.2 Å². The van der Waals surface area contributed by atoms with Gasteiger partial charge in [-0.2, -0.15) is 0 Å². The Hall–Kier alpha value is -1.26. The molecule has 9 heteroatoms. The standard InChI is InChI=1S/C24H46O9/c1-5-6-7-8-9-22(25)32-21-20-31-19-18-30-17-16-29-15-14-28-13-12-27-11-10-23(26)33-24(2,3)4/h5-21H2,1-4H3. The van der Waals surface area contributed by atoms with Crippen LogP contribution in [-0.2, 0) is 42.7 Å². The minimum Gasteiger partial charge on any atom is -0.463 e. The number of ether oxygens (including phenoxy) is 7. The quantitative estimate of drug-likeness (QED) is 0.162. The first-order chi connectivity index (χ1) is 15.8. The van der Waals surface area contributed by atoms with Gasteiger partial charge in [0.25, 0.3) is 0 Å². The second-order valence-corrected chi connectivity index (χ2v) is 8.43. The van der Waals surface area contributed by atoms with Gasteiger partial charge in [-0.25, -0.2) is 0 Å². The van der Waals surface area contributed by atoms with Crippen molar-refractivity contribution in [3.05, 3.63) is 0 Å². The summed E-state index contributed by atoms with van der Waals surface area (Å²) in [6.45, 7) is 12.3. The average molecular weight is 479 g/mol. The highest BCUT2D eigenvalue weighted by Crippen LogP contribution is 2.08. The predicted octanol–water partition coefficient (Wildman–Crippen LogP) is 3.31. The molecule has 0 spiro atoms. The molecule has 0 bridgehead atoms. The summed E-state index contributed by atoms with van der Waals surface area (Å²) in [5, 5.41) is 0. The smallest absolute Gasteiger partial charge is 0.308 e. The van der Waals surface area contributed by atoms with Crippen molar-refractivity contribution in [2.75, 3.05) is 72.7 Å². The van der Waals surface area contributed by atoms with Gasteiger partial charge in [0, 0.05) is 6.42 Å². The van der Waals surface area contributed by atoms with Crippen molar-refractivity contribution in [2.45, 2.75) is 71.8 Å². The summed E-state index contributed by atoms with van der Waals surface area (Å²) in [4.78, 5) is 23.0. The molecule has 0 atom stereocenters. The molecule has 0 heterocycles. The molecule has 0 radical (unpaired) electrons. The highest BCUT2D eigenvalue weighted by Gasteiger charge is 2.15. The fraction of sp³-hybridized carbons (Fsp3) is 0.917. The number of hydrogen-bond acceptors (Lipinski definition) is 9. The van der Waals surface area contributed by atoms with E-state index in [9.17, 15) is 9.59 Å². The minimum atomic E-state index is -0.468. The summed E-state index contributed by atoms with van der Waals surface area (Å²) in [6, 6.07) is 0. The maximum atomic E-state index is 11.5. The Bertz CT molecular complexity index is 463. The zero-order valence-corrected chi connectivity index (χ0v) is 21.2. The van der Waals surface area contributed by atoms with Crippen molar-refractivity contribution in [3.63, 3.8) is 0 Å². The molecule has 0 aliphatic carbocycles. The largest absolute Gasteiger partial charge is 0.463 e. The lowest BCUT2D eigenvalue weighted by molar-refractivity contribution is -0.156. The Labute approximate surface area is 199 Å². The minimum absolute atomic E-state index is 0.155. The zero-order valence-electron chi connectivity index (χ0n) is 21.2. The molecule has 0 unspecified atom stereocenters. The normalized spacial score (nSPS) is 11.5. The summed E-state index contributed by atoms with van der Waals surface area (Å²) < 4.78 is 37.2. The first-order valence-corrected chi connectivity index (χ1v) is 12.1. The molecule has 9 nitrogen and oxygen atoms in total.